The number of aromatic nitrogens is 4. The molecule has 0 saturated heterocycles. The number of hydrogen-bond donors (Lipinski definition) is 0. The van der Waals surface area contributed by atoms with Gasteiger partial charge in [-0.3, -0.25) is 4.57 Å². The van der Waals surface area contributed by atoms with Crippen molar-refractivity contribution >= 4 is 75.9 Å². The van der Waals surface area contributed by atoms with Gasteiger partial charge in [-0.15, -0.1) is 0 Å². The standard InChI is InChI=1S/C52H32N4/c1-4-18-33(19-5-1)42-32-43(34-20-6-2-7-21-34)54-52(53-42)56-45-31-17-15-29-41(45)49-47-37-25-11-10-24-36(37)46-40-28-14-16-30-44(40)55(35-22-8-3-9-23-35)51(46)48(47)38-26-12-13-27-39(38)50(49)56/h1-32H. The average Bonchev–Trinajstić information content (AvgIpc) is 3.81. The number of rotatable bonds is 4. The van der Waals surface area contributed by atoms with Crippen LogP contribution in [0.3, 0.4) is 0 Å². The minimum absolute atomic E-state index is 0.643. The van der Waals surface area contributed by atoms with Crippen LogP contribution in [0.2, 0.25) is 0 Å². The normalized spacial score (nSPS) is 11.9. The first-order chi connectivity index (χ1) is 27.8. The molecule has 0 aliphatic carbocycles. The molecule has 3 heterocycles. The second kappa shape index (κ2) is 12.0. The van der Waals surface area contributed by atoms with Crippen LogP contribution in [0.1, 0.15) is 0 Å². The van der Waals surface area contributed by atoms with E-state index in [0.717, 1.165) is 44.6 Å². The van der Waals surface area contributed by atoms with Gasteiger partial charge in [0.15, 0.2) is 0 Å². The van der Waals surface area contributed by atoms with Crippen LogP contribution < -0.4 is 0 Å². The minimum atomic E-state index is 0.643. The summed E-state index contributed by atoms with van der Waals surface area (Å²) in [5.74, 6) is 0.643. The van der Waals surface area contributed by atoms with Gasteiger partial charge in [0.2, 0.25) is 5.95 Å². The van der Waals surface area contributed by atoms with Crippen LogP contribution in [0.15, 0.2) is 194 Å². The van der Waals surface area contributed by atoms with Gasteiger partial charge in [0, 0.05) is 54.5 Å². The molecule has 0 aliphatic heterocycles. The van der Waals surface area contributed by atoms with E-state index in [4.69, 9.17) is 9.97 Å². The highest BCUT2D eigenvalue weighted by Gasteiger charge is 2.26. The molecule has 0 aliphatic rings. The molecular weight excluding hydrogens is 681 g/mol. The van der Waals surface area contributed by atoms with E-state index in [9.17, 15) is 0 Å². The van der Waals surface area contributed by atoms with Crippen molar-refractivity contribution in [3.8, 4) is 34.2 Å². The van der Waals surface area contributed by atoms with Crippen molar-refractivity contribution in [2.24, 2.45) is 0 Å². The largest absolute Gasteiger partial charge is 0.309 e. The highest BCUT2D eigenvalue weighted by molar-refractivity contribution is 6.44. The van der Waals surface area contributed by atoms with Crippen LogP contribution in [0.25, 0.3) is 110 Å². The quantitative estimate of drug-likeness (QED) is 0.170. The van der Waals surface area contributed by atoms with E-state index in [1.165, 1.54) is 59.5 Å². The Morgan fingerprint density at radius 3 is 1.30 bits per heavy atom. The Bertz CT molecular complexity index is 3450. The number of fused-ring (bicyclic) bond motifs is 15. The fraction of sp³-hybridized carbons (Fsp3) is 0. The Morgan fingerprint density at radius 1 is 0.304 bits per heavy atom. The van der Waals surface area contributed by atoms with E-state index in [-0.39, 0.29) is 0 Å². The molecule has 260 valence electrons. The Hall–Kier alpha value is -7.56. The third-order valence-corrected chi connectivity index (χ3v) is 11.5. The van der Waals surface area contributed by atoms with Crippen LogP contribution in [0.4, 0.5) is 0 Å². The zero-order valence-electron chi connectivity index (χ0n) is 30.3. The molecule has 12 rings (SSSR count). The van der Waals surface area contributed by atoms with E-state index in [1.54, 1.807) is 0 Å². The predicted molar refractivity (Wildman–Crippen MR) is 234 cm³/mol. The third kappa shape index (κ3) is 4.35. The minimum Gasteiger partial charge on any atom is -0.309 e. The molecule has 0 atom stereocenters. The molecule has 0 bridgehead atoms. The van der Waals surface area contributed by atoms with Gasteiger partial charge in [-0.1, -0.05) is 164 Å². The van der Waals surface area contributed by atoms with Crippen molar-refractivity contribution < 1.29 is 0 Å². The molecule has 56 heavy (non-hydrogen) atoms. The molecule has 4 nitrogen and oxygen atoms in total. The average molecular weight is 713 g/mol. The van der Waals surface area contributed by atoms with Crippen molar-refractivity contribution in [1.82, 2.24) is 19.1 Å². The smallest absolute Gasteiger partial charge is 0.235 e. The Labute approximate surface area is 322 Å². The fourth-order valence-electron chi connectivity index (χ4n) is 9.20. The van der Waals surface area contributed by atoms with Crippen LogP contribution in [0, 0.1) is 0 Å². The first kappa shape index (κ1) is 30.9. The molecule has 4 heteroatoms. The lowest BCUT2D eigenvalue weighted by atomic mass is 9.90. The first-order valence-corrected chi connectivity index (χ1v) is 19.1. The zero-order chi connectivity index (χ0) is 36.7. The van der Waals surface area contributed by atoms with Crippen molar-refractivity contribution in [3.05, 3.63) is 194 Å². The SMILES string of the molecule is c1ccc(-c2cc(-c3ccccc3)nc(-n3c4ccccc4c4c5c6ccccc6c6c7ccccc7n(-c7ccccc7)c6c5c5ccccc5c43)n2)cc1. The van der Waals surface area contributed by atoms with Gasteiger partial charge >= 0.3 is 0 Å². The van der Waals surface area contributed by atoms with Gasteiger partial charge in [-0.2, -0.15) is 0 Å². The number of para-hydroxylation sites is 3. The lowest BCUT2D eigenvalue weighted by molar-refractivity contribution is 0.998. The maximum Gasteiger partial charge on any atom is 0.235 e. The van der Waals surface area contributed by atoms with Gasteiger partial charge in [0.25, 0.3) is 0 Å². The van der Waals surface area contributed by atoms with Gasteiger partial charge in [0.1, 0.15) is 0 Å². The Kier molecular flexibility index (Phi) is 6.60. The zero-order valence-corrected chi connectivity index (χ0v) is 30.3. The second-order valence-electron chi connectivity index (χ2n) is 14.5. The van der Waals surface area contributed by atoms with E-state index in [2.05, 4.69) is 191 Å². The van der Waals surface area contributed by atoms with Crippen molar-refractivity contribution in [2.45, 2.75) is 0 Å². The van der Waals surface area contributed by atoms with Gasteiger partial charge in [-0.25, -0.2) is 9.97 Å². The molecule has 0 unspecified atom stereocenters. The molecular formula is C52H32N4. The number of hydrogen-bond acceptors (Lipinski definition) is 2. The highest BCUT2D eigenvalue weighted by Crippen LogP contribution is 2.50. The molecule has 0 amide bonds. The summed E-state index contributed by atoms with van der Waals surface area (Å²) < 4.78 is 4.80. The number of nitrogens with zero attached hydrogens (tertiary/aromatic N) is 4. The summed E-state index contributed by atoms with van der Waals surface area (Å²) in [5, 5.41) is 12.2. The summed E-state index contributed by atoms with van der Waals surface area (Å²) >= 11 is 0. The molecule has 9 aromatic carbocycles. The third-order valence-electron chi connectivity index (χ3n) is 11.5. The van der Waals surface area contributed by atoms with Crippen molar-refractivity contribution in [1.29, 1.82) is 0 Å². The monoisotopic (exact) mass is 712 g/mol. The first-order valence-electron chi connectivity index (χ1n) is 19.1. The summed E-state index contributed by atoms with van der Waals surface area (Å²) in [7, 11) is 0. The molecule has 0 saturated carbocycles. The molecule has 0 radical (unpaired) electrons. The summed E-state index contributed by atoms with van der Waals surface area (Å²) in [6.45, 7) is 0. The lowest BCUT2D eigenvalue weighted by Crippen LogP contribution is -2.04. The van der Waals surface area contributed by atoms with Gasteiger partial charge in [0.05, 0.1) is 33.5 Å². The van der Waals surface area contributed by atoms with E-state index in [1.807, 2.05) is 12.1 Å². The van der Waals surface area contributed by atoms with Crippen LogP contribution in [-0.2, 0) is 0 Å². The lowest BCUT2D eigenvalue weighted by Gasteiger charge is -2.17. The predicted octanol–water partition coefficient (Wildman–Crippen LogP) is 13.5. The van der Waals surface area contributed by atoms with Gasteiger partial charge < -0.3 is 4.57 Å². The van der Waals surface area contributed by atoms with E-state index in [0.29, 0.717) is 5.95 Å². The maximum atomic E-state index is 5.40. The maximum absolute atomic E-state index is 5.40. The van der Waals surface area contributed by atoms with Crippen LogP contribution in [-0.4, -0.2) is 19.1 Å². The van der Waals surface area contributed by atoms with Crippen molar-refractivity contribution in [3.63, 3.8) is 0 Å². The highest BCUT2D eigenvalue weighted by atomic mass is 15.2. The summed E-state index contributed by atoms with van der Waals surface area (Å²) in [6, 6.07) is 69.3. The van der Waals surface area contributed by atoms with E-state index < -0.39 is 0 Å². The number of benzene rings is 9. The Balaban J connectivity index is 1.34. The second-order valence-corrected chi connectivity index (χ2v) is 14.5. The summed E-state index contributed by atoms with van der Waals surface area (Å²) in [5.41, 5.74) is 9.57. The summed E-state index contributed by atoms with van der Waals surface area (Å²) in [6.07, 6.45) is 0. The molecule has 0 N–H and O–H groups in total. The topological polar surface area (TPSA) is 35.6 Å². The molecule has 0 spiro atoms. The summed E-state index contributed by atoms with van der Waals surface area (Å²) in [4.78, 5) is 10.8. The van der Waals surface area contributed by atoms with Crippen LogP contribution in [0.5, 0.6) is 0 Å². The van der Waals surface area contributed by atoms with Crippen LogP contribution >= 0.6 is 0 Å². The molecule has 12 aromatic rings. The Morgan fingerprint density at radius 2 is 0.714 bits per heavy atom. The fourth-order valence-corrected chi connectivity index (χ4v) is 9.20. The van der Waals surface area contributed by atoms with E-state index >= 15 is 0 Å². The van der Waals surface area contributed by atoms with Gasteiger partial charge in [-0.05, 0) is 46.5 Å². The molecule has 3 aromatic heterocycles. The van der Waals surface area contributed by atoms with Crippen molar-refractivity contribution in [2.75, 3.05) is 0 Å². The molecule has 0 fully saturated rings.